The average Bonchev–Trinajstić information content (AvgIpc) is 3.48. The van der Waals surface area contributed by atoms with Crippen molar-refractivity contribution in [2.75, 3.05) is 6.61 Å². The molecule has 34 heavy (non-hydrogen) atoms. The molecule has 1 saturated heterocycles. The minimum absolute atomic E-state index is 0.0234. The molecule has 0 bridgehead atoms. The van der Waals surface area contributed by atoms with Crippen molar-refractivity contribution in [1.29, 1.82) is 0 Å². The van der Waals surface area contributed by atoms with Gasteiger partial charge in [-0.3, -0.25) is 0 Å². The van der Waals surface area contributed by atoms with Gasteiger partial charge in [-0.15, -0.1) is 11.3 Å². The van der Waals surface area contributed by atoms with E-state index in [1.807, 2.05) is 20.0 Å². The zero-order valence-electron chi connectivity index (χ0n) is 21.0. The number of fused-ring (bicyclic) bond motifs is 2. The van der Waals surface area contributed by atoms with E-state index in [0.29, 0.717) is 6.61 Å². The number of thiophene rings is 1. The van der Waals surface area contributed by atoms with E-state index < -0.39 is 14.1 Å². The van der Waals surface area contributed by atoms with Crippen LogP contribution in [-0.4, -0.2) is 47.5 Å². The summed E-state index contributed by atoms with van der Waals surface area (Å²) in [6, 6.07) is 4.27. The molecule has 3 aromatic heterocycles. The molecule has 1 aliphatic carbocycles. The maximum atomic E-state index is 6.66. The van der Waals surface area contributed by atoms with Crippen LogP contribution in [0.3, 0.4) is 0 Å². The van der Waals surface area contributed by atoms with Crippen molar-refractivity contribution >= 4 is 42.3 Å². The Hall–Kier alpha value is -1.29. The summed E-state index contributed by atoms with van der Waals surface area (Å²) < 4.78 is 21.8. The Labute approximate surface area is 211 Å². The van der Waals surface area contributed by atoms with Crippen LogP contribution in [0.2, 0.25) is 23.4 Å². The zero-order chi connectivity index (χ0) is 24.5. The van der Waals surface area contributed by atoms with E-state index in [4.69, 9.17) is 25.5 Å². The van der Waals surface area contributed by atoms with Crippen molar-refractivity contribution in [2.45, 2.75) is 83.2 Å². The van der Waals surface area contributed by atoms with Gasteiger partial charge in [0.25, 0.3) is 0 Å². The highest BCUT2D eigenvalue weighted by Gasteiger charge is 2.55. The van der Waals surface area contributed by atoms with Gasteiger partial charge in [-0.05, 0) is 61.4 Å². The summed E-state index contributed by atoms with van der Waals surface area (Å²) in [4.78, 5) is 10.1. The quantitative estimate of drug-likeness (QED) is 0.270. The summed E-state index contributed by atoms with van der Waals surface area (Å²) in [5, 5.41) is 3.51. The van der Waals surface area contributed by atoms with E-state index >= 15 is 0 Å². The number of halogens is 1. The smallest absolute Gasteiger partial charge is 0.224 e. The Morgan fingerprint density at radius 2 is 2.00 bits per heavy atom. The molecule has 9 heteroatoms. The molecule has 2 fully saturated rings. The molecule has 184 valence electrons. The average molecular weight is 520 g/mol. The topological polar surface area (TPSA) is 58.4 Å². The monoisotopic (exact) mass is 519 g/mol. The molecular weight excluding hydrogens is 486 g/mol. The Morgan fingerprint density at radius 1 is 1.26 bits per heavy atom. The van der Waals surface area contributed by atoms with Gasteiger partial charge in [0.15, 0.2) is 14.1 Å². The third-order valence-corrected chi connectivity index (χ3v) is 13.3. The van der Waals surface area contributed by atoms with Gasteiger partial charge in [0.05, 0.1) is 12.1 Å². The van der Waals surface area contributed by atoms with E-state index in [2.05, 4.69) is 72.1 Å². The third-order valence-electron chi connectivity index (χ3n) is 7.70. The van der Waals surface area contributed by atoms with Crippen molar-refractivity contribution in [1.82, 2.24) is 14.5 Å². The van der Waals surface area contributed by atoms with Gasteiger partial charge in [0.2, 0.25) is 5.28 Å². The Kier molecular flexibility index (Phi) is 6.02. The lowest BCUT2D eigenvalue weighted by Crippen LogP contribution is -2.43. The molecule has 0 aromatic carbocycles. The largest absolute Gasteiger partial charge is 0.416 e. The van der Waals surface area contributed by atoms with Gasteiger partial charge in [-0.1, -0.05) is 26.8 Å². The summed E-state index contributed by atoms with van der Waals surface area (Å²) in [5.41, 5.74) is 1.96. The number of hydrogen-bond donors (Lipinski definition) is 0. The van der Waals surface area contributed by atoms with Gasteiger partial charge in [-0.2, -0.15) is 4.98 Å². The lowest BCUT2D eigenvalue weighted by atomic mass is 10.1. The summed E-state index contributed by atoms with van der Waals surface area (Å²) in [6.07, 6.45) is 4.81. The number of hydrogen-bond acceptors (Lipinski definition) is 6. The lowest BCUT2D eigenvalue weighted by molar-refractivity contribution is -0.161. The minimum Gasteiger partial charge on any atom is -0.416 e. The molecule has 2 aliphatic rings. The summed E-state index contributed by atoms with van der Waals surface area (Å²) in [7, 11) is -1.88. The van der Waals surface area contributed by atoms with Crippen LogP contribution in [0.5, 0.6) is 0 Å². The van der Waals surface area contributed by atoms with Gasteiger partial charge in [0.1, 0.15) is 11.8 Å². The molecule has 1 aliphatic heterocycles. The van der Waals surface area contributed by atoms with Crippen LogP contribution in [0.1, 0.15) is 47.1 Å². The number of rotatable bonds is 5. The Bertz CT molecular complexity index is 1190. The molecule has 6 nitrogen and oxygen atoms in total. The molecule has 3 aromatic rings. The fraction of sp³-hybridized carbons (Fsp3) is 0.600. The predicted octanol–water partition coefficient (Wildman–Crippen LogP) is 6.92. The van der Waals surface area contributed by atoms with Crippen molar-refractivity contribution in [3.05, 3.63) is 35.2 Å². The summed E-state index contributed by atoms with van der Waals surface area (Å²) in [5.74, 6) is -0.388. The number of ether oxygens (including phenoxy) is 2. The second-order valence-corrected chi connectivity index (χ2v) is 17.6. The number of aromatic nitrogens is 3. The van der Waals surface area contributed by atoms with Crippen LogP contribution < -0.4 is 0 Å². The van der Waals surface area contributed by atoms with E-state index in [-0.39, 0.29) is 34.5 Å². The highest BCUT2D eigenvalue weighted by atomic mass is 35.5. The van der Waals surface area contributed by atoms with E-state index in [9.17, 15) is 0 Å². The number of nitrogens with zero attached hydrogens (tertiary/aromatic N) is 3. The van der Waals surface area contributed by atoms with Crippen LogP contribution in [0.15, 0.2) is 29.9 Å². The molecule has 0 radical (unpaired) electrons. The highest BCUT2D eigenvalue weighted by molar-refractivity contribution is 7.13. The molecule has 0 N–H and O–H groups in total. The highest BCUT2D eigenvalue weighted by Crippen LogP contribution is 2.49. The van der Waals surface area contributed by atoms with E-state index in [1.165, 1.54) is 4.88 Å². The Balaban J connectivity index is 1.52. The first-order valence-corrected chi connectivity index (χ1v) is 16.1. The predicted molar refractivity (Wildman–Crippen MR) is 140 cm³/mol. The van der Waals surface area contributed by atoms with Gasteiger partial charge < -0.3 is 18.5 Å². The maximum Gasteiger partial charge on any atom is 0.224 e. The van der Waals surface area contributed by atoms with E-state index in [1.54, 1.807) is 11.3 Å². The van der Waals surface area contributed by atoms with Crippen LogP contribution >= 0.6 is 22.9 Å². The molecular formula is C25H34ClN3O3SSi. The standard InChI is InChI=1S/C25H34ClN3O3SSi/c1-24(2,3)34(6,7)30-14-15-11-18(21-20(15)31-25(4,5)32-21)29-13-17(19-9-8-10-33-19)16-12-27-23(26)28-22(16)29/h8-10,12-13,15,18,20-21H,11,14H2,1-7H3/t15-,18-,20-,21+/m1/s1. The molecule has 5 rings (SSSR count). The lowest BCUT2D eigenvalue weighted by Gasteiger charge is -2.37. The third kappa shape index (κ3) is 4.27. The summed E-state index contributed by atoms with van der Waals surface area (Å²) in [6.45, 7) is 16.1. The maximum absolute atomic E-state index is 6.66. The zero-order valence-corrected chi connectivity index (χ0v) is 23.5. The van der Waals surface area contributed by atoms with Crippen LogP contribution in [0.4, 0.5) is 0 Å². The molecule has 4 heterocycles. The molecule has 0 spiro atoms. The van der Waals surface area contributed by atoms with Gasteiger partial charge in [0, 0.05) is 40.7 Å². The Morgan fingerprint density at radius 3 is 2.68 bits per heavy atom. The molecule has 0 unspecified atom stereocenters. The van der Waals surface area contributed by atoms with Crippen molar-refractivity contribution < 1.29 is 13.9 Å². The first-order chi connectivity index (χ1) is 15.9. The normalized spacial score (nSPS) is 26.9. The van der Waals surface area contributed by atoms with Crippen molar-refractivity contribution in [3.63, 3.8) is 0 Å². The van der Waals surface area contributed by atoms with Crippen LogP contribution in [0.25, 0.3) is 21.5 Å². The second-order valence-electron chi connectivity index (χ2n) is 11.5. The van der Waals surface area contributed by atoms with Crippen molar-refractivity contribution in [3.8, 4) is 10.4 Å². The first-order valence-electron chi connectivity index (χ1n) is 11.9. The van der Waals surface area contributed by atoms with Gasteiger partial charge in [-0.25, -0.2) is 4.98 Å². The fourth-order valence-electron chi connectivity index (χ4n) is 4.91. The summed E-state index contributed by atoms with van der Waals surface area (Å²) >= 11 is 7.97. The van der Waals surface area contributed by atoms with Crippen molar-refractivity contribution in [2.24, 2.45) is 5.92 Å². The fourth-order valence-corrected chi connectivity index (χ4v) is 6.86. The van der Waals surface area contributed by atoms with Crippen LogP contribution in [-0.2, 0) is 13.9 Å². The van der Waals surface area contributed by atoms with E-state index in [0.717, 1.165) is 23.0 Å². The second kappa shape index (κ2) is 8.39. The van der Waals surface area contributed by atoms with Crippen LogP contribution in [0, 0.1) is 5.92 Å². The first kappa shape index (κ1) is 24.4. The minimum atomic E-state index is -1.88. The molecule has 4 atom stereocenters. The molecule has 1 saturated carbocycles. The molecule has 0 amide bonds. The SMILES string of the molecule is CC1(C)O[C@@H]2[C@@H](CO[Si](C)(C)C(C)(C)C)C[C@@H](n3cc(-c4cccs4)c4cnc(Cl)nc43)[C@@H]2O1. The van der Waals surface area contributed by atoms with Gasteiger partial charge >= 0.3 is 0 Å².